The van der Waals surface area contributed by atoms with Gasteiger partial charge in [0.15, 0.2) is 0 Å². The molecule has 3 nitrogen and oxygen atoms in total. The zero-order valence-electron chi connectivity index (χ0n) is 9.63. The summed E-state index contributed by atoms with van der Waals surface area (Å²) in [5.74, 6) is 0.304. The van der Waals surface area contributed by atoms with Crippen molar-refractivity contribution in [2.24, 2.45) is 11.7 Å². The number of fused-ring (bicyclic) bond motifs is 1. The highest BCUT2D eigenvalue weighted by Gasteiger charge is 2.44. The molecule has 1 aromatic heterocycles. The average molecular weight is 228 g/mol. The molecule has 0 bridgehead atoms. The van der Waals surface area contributed by atoms with Gasteiger partial charge in [-0.25, -0.2) is 0 Å². The largest absolute Gasteiger partial charge is 0.384 e. The summed E-state index contributed by atoms with van der Waals surface area (Å²) < 4.78 is 0. The van der Waals surface area contributed by atoms with Crippen molar-refractivity contribution in [1.29, 1.82) is 0 Å². The topological polar surface area (TPSA) is 59.1 Å². The predicted molar refractivity (Wildman–Crippen MR) is 67.4 cm³/mol. The van der Waals surface area contributed by atoms with Crippen molar-refractivity contribution in [3.63, 3.8) is 0 Å². The first kappa shape index (κ1) is 10.7. The third kappa shape index (κ3) is 1.63. The monoisotopic (exact) mass is 228 g/mol. The minimum absolute atomic E-state index is 0.270. The minimum atomic E-state index is -0.886. The van der Waals surface area contributed by atoms with E-state index in [1.165, 1.54) is 0 Å². The second-order valence-corrected chi connectivity index (χ2v) is 4.81. The maximum atomic E-state index is 10.8. The van der Waals surface area contributed by atoms with Gasteiger partial charge in [-0.1, -0.05) is 18.2 Å². The van der Waals surface area contributed by atoms with Crippen molar-refractivity contribution in [2.45, 2.75) is 18.4 Å². The van der Waals surface area contributed by atoms with Crippen LogP contribution in [0.1, 0.15) is 18.4 Å². The Morgan fingerprint density at radius 3 is 2.88 bits per heavy atom. The summed E-state index contributed by atoms with van der Waals surface area (Å²) in [5, 5.41) is 12.9. The molecule has 2 aromatic rings. The first-order valence-electron chi connectivity index (χ1n) is 6.01. The lowest BCUT2D eigenvalue weighted by Crippen LogP contribution is -2.37. The molecule has 0 saturated heterocycles. The van der Waals surface area contributed by atoms with Crippen LogP contribution in [-0.2, 0) is 5.60 Å². The Hall–Kier alpha value is -1.45. The van der Waals surface area contributed by atoms with Gasteiger partial charge in [-0.2, -0.15) is 0 Å². The van der Waals surface area contributed by atoms with Crippen molar-refractivity contribution in [3.05, 3.63) is 42.2 Å². The molecule has 1 aliphatic rings. The van der Waals surface area contributed by atoms with Crippen LogP contribution >= 0.6 is 0 Å². The summed E-state index contributed by atoms with van der Waals surface area (Å²) in [4.78, 5) is 4.15. The van der Waals surface area contributed by atoms with Crippen LogP contribution in [0, 0.1) is 5.92 Å². The zero-order chi connectivity index (χ0) is 11.9. The Morgan fingerprint density at radius 2 is 2.18 bits per heavy atom. The molecule has 0 amide bonds. The Labute approximate surface area is 100 Å². The summed E-state index contributed by atoms with van der Waals surface area (Å²) in [6, 6.07) is 7.93. The van der Waals surface area contributed by atoms with E-state index in [2.05, 4.69) is 4.98 Å². The number of aliphatic hydroxyl groups is 1. The molecule has 1 aliphatic carbocycles. The van der Waals surface area contributed by atoms with Crippen LogP contribution in [-0.4, -0.2) is 16.6 Å². The molecule has 1 heterocycles. The van der Waals surface area contributed by atoms with Crippen LogP contribution < -0.4 is 5.73 Å². The number of aromatic nitrogens is 1. The van der Waals surface area contributed by atoms with Gasteiger partial charge in [-0.05, 0) is 35.8 Å². The Kier molecular flexibility index (Phi) is 2.38. The van der Waals surface area contributed by atoms with Gasteiger partial charge in [-0.3, -0.25) is 4.98 Å². The van der Waals surface area contributed by atoms with E-state index in [-0.39, 0.29) is 6.54 Å². The number of pyridine rings is 1. The van der Waals surface area contributed by atoms with E-state index < -0.39 is 5.60 Å². The molecule has 0 spiro atoms. The van der Waals surface area contributed by atoms with Crippen LogP contribution in [0.2, 0.25) is 0 Å². The summed E-state index contributed by atoms with van der Waals surface area (Å²) in [7, 11) is 0. The molecular formula is C14H16N2O. The van der Waals surface area contributed by atoms with E-state index in [0.717, 1.165) is 29.2 Å². The van der Waals surface area contributed by atoms with Crippen molar-refractivity contribution in [3.8, 4) is 0 Å². The molecular weight excluding hydrogens is 212 g/mol. The molecule has 1 aromatic carbocycles. The average Bonchev–Trinajstić information content (AvgIpc) is 3.22. The van der Waals surface area contributed by atoms with Crippen molar-refractivity contribution in [1.82, 2.24) is 4.98 Å². The first-order chi connectivity index (χ1) is 8.25. The number of nitrogens with zero attached hydrogens (tertiary/aromatic N) is 1. The molecule has 0 aliphatic heterocycles. The van der Waals surface area contributed by atoms with Gasteiger partial charge in [0, 0.05) is 24.3 Å². The van der Waals surface area contributed by atoms with E-state index in [1.807, 2.05) is 30.5 Å². The fourth-order valence-corrected chi connectivity index (χ4v) is 2.55. The Morgan fingerprint density at radius 1 is 1.35 bits per heavy atom. The van der Waals surface area contributed by atoms with E-state index in [1.54, 1.807) is 6.20 Å². The van der Waals surface area contributed by atoms with Crippen LogP contribution in [0.15, 0.2) is 36.7 Å². The molecule has 3 N–H and O–H groups in total. The molecule has 17 heavy (non-hydrogen) atoms. The zero-order valence-corrected chi connectivity index (χ0v) is 9.63. The fraction of sp³-hybridized carbons (Fsp3) is 0.357. The SMILES string of the molecule is NCC(O)(c1cccc2ccncc12)C1CC1. The van der Waals surface area contributed by atoms with E-state index in [9.17, 15) is 5.11 Å². The van der Waals surface area contributed by atoms with E-state index >= 15 is 0 Å². The molecule has 88 valence electrons. The van der Waals surface area contributed by atoms with Crippen molar-refractivity contribution < 1.29 is 5.11 Å². The van der Waals surface area contributed by atoms with Crippen molar-refractivity contribution >= 4 is 10.8 Å². The first-order valence-corrected chi connectivity index (χ1v) is 6.01. The van der Waals surface area contributed by atoms with Gasteiger partial charge >= 0.3 is 0 Å². The lowest BCUT2D eigenvalue weighted by Gasteiger charge is -2.28. The van der Waals surface area contributed by atoms with Crippen LogP contribution in [0.3, 0.4) is 0 Å². The number of benzene rings is 1. The lowest BCUT2D eigenvalue weighted by atomic mass is 9.86. The van der Waals surface area contributed by atoms with Crippen LogP contribution in [0.4, 0.5) is 0 Å². The third-order valence-corrected chi connectivity index (χ3v) is 3.71. The van der Waals surface area contributed by atoms with Crippen LogP contribution in [0.25, 0.3) is 10.8 Å². The number of nitrogens with two attached hydrogens (primary N) is 1. The highest BCUT2D eigenvalue weighted by atomic mass is 16.3. The smallest absolute Gasteiger partial charge is 0.105 e. The van der Waals surface area contributed by atoms with Gasteiger partial charge < -0.3 is 10.8 Å². The standard InChI is InChI=1S/C14H16N2O/c15-9-14(17,11-4-5-11)13-3-1-2-10-6-7-16-8-12(10)13/h1-3,6-8,11,17H,4-5,9,15H2. The summed E-state index contributed by atoms with van der Waals surface area (Å²) in [5.41, 5.74) is 5.84. The third-order valence-electron chi connectivity index (χ3n) is 3.71. The summed E-state index contributed by atoms with van der Waals surface area (Å²) >= 11 is 0. The molecule has 1 atom stereocenters. The number of rotatable bonds is 3. The van der Waals surface area contributed by atoms with Gasteiger partial charge in [-0.15, -0.1) is 0 Å². The van der Waals surface area contributed by atoms with Gasteiger partial charge in [0.25, 0.3) is 0 Å². The molecule has 1 unspecified atom stereocenters. The minimum Gasteiger partial charge on any atom is -0.384 e. The molecule has 3 heteroatoms. The van der Waals surface area contributed by atoms with E-state index in [4.69, 9.17) is 5.73 Å². The second kappa shape index (κ2) is 3.79. The van der Waals surface area contributed by atoms with E-state index in [0.29, 0.717) is 5.92 Å². The molecule has 1 saturated carbocycles. The summed E-state index contributed by atoms with van der Waals surface area (Å²) in [6.07, 6.45) is 5.70. The highest BCUT2D eigenvalue weighted by molar-refractivity contribution is 5.85. The predicted octanol–water partition coefficient (Wildman–Crippen LogP) is 1.79. The lowest BCUT2D eigenvalue weighted by molar-refractivity contribution is 0.0237. The highest BCUT2D eigenvalue weighted by Crippen LogP contribution is 2.46. The summed E-state index contributed by atoms with van der Waals surface area (Å²) in [6.45, 7) is 0.270. The molecule has 0 radical (unpaired) electrons. The fourth-order valence-electron chi connectivity index (χ4n) is 2.55. The van der Waals surface area contributed by atoms with Gasteiger partial charge in [0.2, 0.25) is 0 Å². The maximum Gasteiger partial charge on any atom is 0.105 e. The molecule has 1 fully saturated rings. The second-order valence-electron chi connectivity index (χ2n) is 4.81. The normalized spacial score (nSPS) is 19.2. The maximum absolute atomic E-state index is 10.8. The Balaban J connectivity index is 2.22. The van der Waals surface area contributed by atoms with Crippen molar-refractivity contribution in [2.75, 3.05) is 6.54 Å². The number of hydrogen-bond donors (Lipinski definition) is 2. The molecule has 3 rings (SSSR count). The quantitative estimate of drug-likeness (QED) is 0.842. The van der Waals surface area contributed by atoms with Gasteiger partial charge in [0.1, 0.15) is 5.60 Å². The Bertz CT molecular complexity index is 545. The van der Waals surface area contributed by atoms with Crippen LogP contribution in [0.5, 0.6) is 0 Å². The number of hydrogen-bond acceptors (Lipinski definition) is 3. The van der Waals surface area contributed by atoms with Gasteiger partial charge in [0.05, 0.1) is 0 Å².